The molecule has 1 saturated heterocycles. The van der Waals surface area contributed by atoms with Crippen LogP contribution in [0.2, 0.25) is 0 Å². The summed E-state index contributed by atoms with van der Waals surface area (Å²) in [6.45, 7) is 1.50. The average Bonchev–Trinajstić information content (AvgIpc) is 2.08. The van der Waals surface area contributed by atoms with Crippen molar-refractivity contribution in [2.45, 2.75) is 6.92 Å². The quantitative estimate of drug-likeness (QED) is 0.282. The van der Waals surface area contributed by atoms with Crippen LogP contribution in [0.15, 0.2) is 0 Å². The third-order valence-corrected chi connectivity index (χ3v) is 2.27. The van der Waals surface area contributed by atoms with Gasteiger partial charge in [-0.3, -0.25) is 14.5 Å². The zero-order valence-corrected chi connectivity index (χ0v) is 7.59. The SMILES string of the molecule is [B]N1C(=O)C(C)C(=O)N(C)C1=S. The second kappa shape index (κ2) is 2.86. The van der Waals surface area contributed by atoms with E-state index >= 15 is 0 Å². The average molecular weight is 182 g/mol. The van der Waals surface area contributed by atoms with Gasteiger partial charge in [0.05, 0.1) is 0 Å². The Bertz CT molecular complexity index is 207. The van der Waals surface area contributed by atoms with Gasteiger partial charge in [-0.2, -0.15) is 0 Å². The Balaban J connectivity index is 2.99. The Morgan fingerprint density at radius 2 is 1.92 bits per heavy atom. The molecule has 0 saturated carbocycles. The van der Waals surface area contributed by atoms with Crippen molar-refractivity contribution in [3.05, 3.63) is 0 Å². The lowest BCUT2D eigenvalue weighted by Gasteiger charge is -2.34. The normalized spacial score (nSPS) is 25.2. The Morgan fingerprint density at radius 1 is 1.42 bits per heavy atom. The molecule has 0 aromatic carbocycles. The number of amides is 2. The van der Waals surface area contributed by atoms with Crippen LogP contribution in [0.4, 0.5) is 0 Å². The van der Waals surface area contributed by atoms with Crippen molar-refractivity contribution in [1.29, 1.82) is 0 Å². The number of carbonyl (C=O) groups excluding carboxylic acids is 2. The van der Waals surface area contributed by atoms with Crippen molar-refractivity contribution >= 4 is 37.1 Å². The molecule has 0 N–H and O–H groups in total. The highest BCUT2D eigenvalue weighted by atomic mass is 32.1. The molecule has 1 rings (SSSR count). The molecule has 0 bridgehead atoms. The van der Waals surface area contributed by atoms with Crippen LogP contribution in [-0.2, 0) is 9.59 Å². The topological polar surface area (TPSA) is 40.6 Å². The molecule has 1 heterocycles. The lowest BCUT2D eigenvalue weighted by Crippen LogP contribution is -2.56. The number of hydrogen-bond donors (Lipinski definition) is 0. The lowest BCUT2D eigenvalue weighted by molar-refractivity contribution is -0.142. The number of thiocarbonyl (C=S) groups is 1. The Morgan fingerprint density at radius 3 is 2.42 bits per heavy atom. The molecule has 0 aromatic heterocycles. The third-order valence-electron chi connectivity index (χ3n) is 1.80. The molecule has 1 atom stereocenters. The Labute approximate surface area is 76.9 Å². The fourth-order valence-electron chi connectivity index (χ4n) is 0.955. The molecule has 6 heteroatoms. The van der Waals surface area contributed by atoms with E-state index in [0.717, 1.165) is 4.81 Å². The Kier molecular flexibility index (Phi) is 2.19. The number of rotatable bonds is 0. The first-order valence-corrected chi connectivity index (χ1v) is 3.78. The van der Waals surface area contributed by atoms with Crippen LogP contribution in [0, 0.1) is 5.92 Å². The van der Waals surface area contributed by atoms with Crippen LogP contribution in [0.1, 0.15) is 6.92 Å². The van der Waals surface area contributed by atoms with Gasteiger partial charge in [-0.15, -0.1) is 0 Å². The van der Waals surface area contributed by atoms with Gasteiger partial charge in [-0.25, -0.2) is 0 Å². The second-order valence-corrected chi connectivity index (χ2v) is 2.97. The number of hydrogen-bond acceptors (Lipinski definition) is 3. The first-order valence-electron chi connectivity index (χ1n) is 3.37. The molecule has 12 heavy (non-hydrogen) atoms. The van der Waals surface area contributed by atoms with Crippen molar-refractivity contribution in [3.63, 3.8) is 0 Å². The maximum absolute atomic E-state index is 11.2. The van der Waals surface area contributed by atoms with Crippen molar-refractivity contribution in [2.24, 2.45) is 5.92 Å². The first kappa shape index (κ1) is 9.19. The highest BCUT2D eigenvalue weighted by Crippen LogP contribution is 2.13. The molecule has 2 radical (unpaired) electrons. The van der Waals surface area contributed by atoms with Gasteiger partial charge in [0.15, 0.2) is 5.11 Å². The zero-order valence-electron chi connectivity index (χ0n) is 6.77. The van der Waals surface area contributed by atoms with Gasteiger partial charge < -0.3 is 4.81 Å². The lowest BCUT2D eigenvalue weighted by atomic mass is 10.0. The summed E-state index contributed by atoms with van der Waals surface area (Å²) in [6.07, 6.45) is 0. The molecular weight excluding hydrogens is 175 g/mol. The highest BCUT2D eigenvalue weighted by Gasteiger charge is 2.36. The largest absolute Gasteiger partial charge is 0.346 e. The summed E-state index contributed by atoms with van der Waals surface area (Å²) in [6, 6.07) is 0. The van der Waals surface area contributed by atoms with Crippen LogP contribution in [0.5, 0.6) is 0 Å². The molecule has 4 nitrogen and oxygen atoms in total. The summed E-state index contributed by atoms with van der Waals surface area (Å²) >= 11 is 4.74. The second-order valence-electron chi connectivity index (χ2n) is 2.61. The van der Waals surface area contributed by atoms with Gasteiger partial charge in [0.1, 0.15) is 5.92 Å². The third kappa shape index (κ3) is 1.12. The summed E-state index contributed by atoms with van der Waals surface area (Å²) in [5, 5.41) is 0.0445. The van der Waals surface area contributed by atoms with Gasteiger partial charge in [0, 0.05) is 7.05 Å². The molecule has 0 aromatic rings. The highest BCUT2D eigenvalue weighted by molar-refractivity contribution is 7.80. The summed E-state index contributed by atoms with van der Waals surface area (Å²) in [4.78, 5) is 24.4. The maximum Gasteiger partial charge on any atom is 0.241 e. The number of carbonyl (C=O) groups is 2. The van der Waals surface area contributed by atoms with E-state index in [-0.39, 0.29) is 11.0 Å². The van der Waals surface area contributed by atoms with Gasteiger partial charge in [-0.05, 0) is 19.1 Å². The van der Waals surface area contributed by atoms with E-state index in [9.17, 15) is 9.59 Å². The van der Waals surface area contributed by atoms with Crippen molar-refractivity contribution in [3.8, 4) is 0 Å². The van der Waals surface area contributed by atoms with E-state index in [1.165, 1.54) is 18.9 Å². The summed E-state index contributed by atoms with van der Waals surface area (Å²) < 4.78 is 0. The van der Waals surface area contributed by atoms with Crippen molar-refractivity contribution < 1.29 is 9.59 Å². The van der Waals surface area contributed by atoms with E-state index in [4.69, 9.17) is 20.2 Å². The van der Waals surface area contributed by atoms with Gasteiger partial charge in [0.2, 0.25) is 19.8 Å². The summed E-state index contributed by atoms with van der Waals surface area (Å²) in [5.41, 5.74) is 0. The van der Waals surface area contributed by atoms with Gasteiger partial charge in [-0.1, -0.05) is 0 Å². The standard InChI is InChI=1S/C6H7BN2O2S/c1-3-4(10)8(2)6(12)9(7)5(3)11/h3H,1-2H3. The zero-order chi connectivity index (χ0) is 9.46. The van der Waals surface area contributed by atoms with Gasteiger partial charge in [0.25, 0.3) is 0 Å². The molecule has 1 fully saturated rings. The predicted molar refractivity (Wildman–Crippen MR) is 47.1 cm³/mol. The van der Waals surface area contributed by atoms with E-state index in [2.05, 4.69) is 0 Å². The monoisotopic (exact) mass is 182 g/mol. The van der Waals surface area contributed by atoms with Crippen LogP contribution in [0.25, 0.3) is 0 Å². The fraction of sp³-hybridized carbons (Fsp3) is 0.500. The molecule has 1 unspecified atom stereocenters. The maximum atomic E-state index is 11.2. The minimum absolute atomic E-state index is 0.0445. The molecule has 62 valence electrons. The van der Waals surface area contributed by atoms with Crippen LogP contribution in [0.3, 0.4) is 0 Å². The van der Waals surface area contributed by atoms with E-state index in [1.54, 1.807) is 0 Å². The molecule has 1 aliphatic heterocycles. The molecular formula is C6H7BN2O2S. The Hall–Kier alpha value is -0.905. The molecule has 1 aliphatic rings. The first-order chi connectivity index (χ1) is 5.46. The smallest absolute Gasteiger partial charge is 0.241 e. The molecule has 0 spiro atoms. The van der Waals surface area contributed by atoms with Gasteiger partial charge >= 0.3 is 0 Å². The van der Waals surface area contributed by atoms with Crippen molar-refractivity contribution in [2.75, 3.05) is 7.05 Å². The van der Waals surface area contributed by atoms with E-state index in [0.29, 0.717) is 0 Å². The molecule has 2 amide bonds. The number of nitrogens with zero attached hydrogens (tertiary/aromatic N) is 2. The minimum atomic E-state index is -0.730. The molecule has 0 aliphatic carbocycles. The predicted octanol–water partition coefficient (Wildman–Crippen LogP) is -0.709. The minimum Gasteiger partial charge on any atom is -0.346 e. The fourth-order valence-corrected chi connectivity index (χ4v) is 1.13. The van der Waals surface area contributed by atoms with Crippen molar-refractivity contribution in [1.82, 2.24) is 9.71 Å². The summed E-state index contributed by atoms with van der Waals surface area (Å²) in [5.74, 6) is -1.50. The van der Waals surface area contributed by atoms with Crippen LogP contribution in [-0.4, -0.2) is 41.7 Å². The summed E-state index contributed by atoms with van der Waals surface area (Å²) in [7, 11) is 6.81. The van der Waals surface area contributed by atoms with Crippen LogP contribution < -0.4 is 0 Å². The van der Waals surface area contributed by atoms with E-state index < -0.39 is 11.8 Å². The van der Waals surface area contributed by atoms with Crippen LogP contribution >= 0.6 is 12.2 Å². The van der Waals surface area contributed by atoms with E-state index in [1.807, 2.05) is 0 Å².